The monoisotopic (exact) mass is 780 g/mol. The highest BCUT2D eigenvalue weighted by Crippen LogP contribution is 2.41. The molecule has 278 valence electrons. The zero-order valence-electron chi connectivity index (χ0n) is 32.6. The second-order valence-corrected chi connectivity index (χ2v) is 23.9. The molecule has 5 nitrogen and oxygen atoms in total. The first-order chi connectivity index (χ1) is 28.5. The standard InChI is InChI=1S/C51H40N4OSi2/c1-54-42-28-13-11-26-40(42)53-51(54)35-19-18-24-38(33-35)58(36-20-6-4-7-21-36,37-22-8-5-9-23-37)46-34-43-48(49-50(46)57(2,3)45-30-15-14-29-44(45)56-49)39-25-10-12-27-41(39)55(43)47-31-16-17-32-52-47/h4-34H,1-3H3. The molecule has 0 unspecified atom stereocenters. The number of imidazole rings is 1. The van der Waals surface area contributed by atoms with E-state index in [1.165, 1.54) is 31.1 Å². The fraction of sp³-hybridized carbons (Fsp3) is 0.0588. The van der Waals surface area contributed by atoms with Crippen LogP contribution in [-0.4, -0.2) is 35.2 Å². The number of fused-ring (bicyclic) bond motifs is 7. The van der Waals surface area contributed by atoms with Gasteiger partial charge in [-0.05, 0) is 73.6 Å². The molecule has 1 aliphatic heterocycles. The van der Waals surface area contributed by atoms with Crippen LogP contribution in [0.1, 0.15) is 0 Å². The van der Waals surface area contributed by atoms with Crippen LogP contribution in [0, 0.1) is 0 Å². The second-order valence-electron chi connectivity index (χ2n) is 15.8. The maximum absolute atomic E-state index is 7.38. The minimum Gasteiger partial charge on any atom is -0.457 e. The summed E-state index contributed by atoms with van der Waals surface area (Å²) in [5.41, 5.74) is 5.39. The van der Waals surface area contributed by atoms with E-state index in [1.807, 2.05) is 12.3 Å². The molecular weight excluding hydrogens is 741 g/mol. The highest BCUT2D eigenvalue weighted by molar-refractivity contribution is 7.23. The zero-order chi connectivity index (χ0) is 39.0. The molecule has 4 heterocycles. The fourth-order valence-electron chi connectivity index (χ4n) is 9.80. The Morgan fingerprint density at radius 3 is 1.98 bits per heavy atom. The molecule has 10 aromatic rings. The Balaban J connectivity index is 1.35. The summed E-state index contributed by atoms with van der Waals surface area (Å²) in [6.07, 6.45) is 1.89. The van der Waals surface area contributed by atoms with Gasteiger partial charge >= 0.3 is 0 Å². The maximum atomic E-state index is 7.38. The molecule has 7 aromatic carbocycles. The van der Waals surface area contributed by atoms with E-state index < -0.39 is 16.1 Å². The largest absolute Gasteiger partial charge is 0.457 e. The van der Waals surface area contributed by atoms with Crippen LogP contribution in [0.25, 0.3) is 50.0 Å². The second kappa shape index (κ2) is 13.1. The number of pyridine rings is 1. The molecule has 7 heteroatoms. The van der Waals surface area contributed by atoms with Gasteiger partial charge in [-0.15, -0.1) is 0 Å². The molecule has 0 fully saturated rings. The average Bonchev–Trinajstić information content (AvgIpc) is 3.79. The van der Waals surface area contributed by atoms with Crippen LogP contribution in [0.5, 0.6) is 11.5 Å². The van der Waals surface area contributed by atoms with Gasteiger partial charge in [0.15, 0.2) is 8.07 Å². The topological polar surface area (TPSA) is 44.9 Å². The molecule has 0 radical (unpaired) electrons. The number of rotatable bonds is 6. The van der Waals surface area contributed by atoms with Gasteiger partial charge in [-0.3, -0.25) is 4.57 Å². The molecule has 0 amide bonds. The fourth-order valence-corrected chi connectivity index (χ4v) is 19.2. The number of benzene rings is 7. The van der Waals surface area contributed by atoms with E-state index in [0.717, 1.165) is 61.5 Å². The van der Waals surface area contributed by atoms with E-state index in [9.17, 15) is 0 Å². The van der Waals surface area contributed by atoms with Crippen molar-refractivity contribution in [2.45, 2.75) is 13.1 Å². The van der Waals surface area contributed by atoms with Gasteiger partial charge in [-0.25, -0.2) is 9.97 Å². The smallest absolute Gasteiger partial charge is 0.179 e. The van der Waals surface area contributed by atoms with Gasteiger partial charge in [0, 0.05) is 24.2 Å². The summed E-state index contributed by atoms with van der Waals surface area (Å²) in [4.78, 5) is 10.2. The van der Waals surface area contributed by atoms with Crippen LogP contribution < -0.4 is 35.9 Å². The van der Waals surface area contributed by atoms with Gasteiger partial charge in [0.05, 0.1) is 27.5 Å². The van der Waals surface area contributed by atoms with Crippen LogP contribution in [0.3, 0.4) is 0 Å². The third kappa shape index (κ3) is 4.93. The van der Waals surface area contributed by atoms with Crippen molar-refractivity contribution < 1.29 is 4.74 Å². The first kappa shape index (κ1) is 34.4. The molecule has 0 atom stereocenters. The van der Waals surface area contributed by atoms with Crippen molar-refractivity contribution >= 4 is 80.1 Å². The normalized spacial score (nSPS) is 13.4. The van der Waals surface area contributed by atoms with Crippen LogP contribution in [-0.2, 0) is 7.05 Å². The van der Waals surface area contributed by atoms with Crippen molar-refractivity contribution in [1.29, 1.82) is 0 Å². The van der Waals surface area contributed by atoms with E-state index in [0.29, 0.717) is 0 Å². The predicted molar refractivity (Wildman–Crippen MR) is 245 cm³/mol. The SMILES string of the molecule is Cn1c(-c2cccc([Si](c3ccccc3)(c3ccccc3)c3cc4c(c5c3[Si](C)(C)c3ccccc3O5)c3ccccc3n4-c3ccccn3)c2)nc2ccccc21. The predicted octanol–water partition coefficient (Wildman–Crippen LogP) is 8.04. The van der Waals surface area contributed by atoms with Gasteiger partial charge < -0.3 is 9.30 Å². The summed E-state index contributed by atoms with van der Waals surface area (Å²) in [6.45, 7) is 5.04. The van der Waals surface area contributed by atoms with Crippen LogP contribution in [0.2, 0.25) is 13.1 Å². The zero-order valence-corrected chi connectivity index (χ0v) is 34.6. The number of para-hydroxylation sites is 4. The molecule has 3 aromatic heterocycles. The van der Waals surface area contributed by atoms with Crippen LogP contribution >= 0.6 is 0 Å². The summed E-state index contributed by atoms with van der Waals surface area (Å²) in [6, 6.07) is 66.4. The van der Waals surface area contributed by atoms with E-state index in [2.05, 4.69) is 205 Å². The lowest BCUT2D eigenvalue weighted by Gasteiger charge is -2.42. The summed E-state index contributed by atoms with van der Waals surface area (Å²) >= 11 is 0. The summed E-state index contributed by atoms with van der Waals surface area (Å²) < 4.78 is 11.9. The Labute approximate surface area is 339 Å². The van der Waals surface area contributed by atoms with E-state index in [4.69, 9.17) is 14.7 Å². The Hall–Kier alpha value is -6.81. The Bertz CT molecular complexity index is 3150. The molecule has 0 N–H and O–H groups in total. The number of ether oxygens (including phenoxy) is 1. The van der Waals surface area contributed by atoms with Crippen molar-refractivity contribution in [2.75, 3.05) is 0 Å². The van der Waals surface area contributed by atoms with Crippen molar-refractivity contribution in [1.82, 2.24) is 19.1 Å². The molecular formula is C51H40N4OSi2. The van der Waals surface area contributed by atoms with Crippen molar-refractivity contribution in [3.63, 3.8) is 0 Å². The number of hydrogen-bond acceptors (Lipinski definition) is 3. The Morgan fingerprint density at radius 1 is 0.586 bits per heavy atom. The highest BCUT2D eigenvalue weighted by Gasteiger charge is 2.49. The molecule has 0 saturated heterocycles. The van der Waals surface area contributed by atoms with E-state index >= 15 is 0 Å². The lowest BCUT2D eigenvalue weighted by Crippen LogP contribution is -2.80. The molecule has 0 spiro atoms. The third-order valence-electron chi connectivity index (χ3n) is 12.4. The summed E-state index contributed by atoms with van der Waals surface area (Å²) in [5, 5.41) is 10.2. The van der Waals surface area contributed by atoms with Gasteiger partial charge in [0.25, 0.3) is 0 Å². The molecule has 0 saturated carbocycles. The Morgan fingerprint density at radius 2 is 1.24 bits per heavy atom. The molecule has 11 rings (SSSR count). The van der Waals surface area contributed by atoms with Crippen LogP contribution in [0.15, 0.2) is 188 Å². The highest BCUT2D eigenvalue weighted by atomic mass is 28.3. The lowest BCUT2D eigenvalue weighted by atomic mass is 10.1. The minimum absolute atomic E-state index is 0.878. The van der Waals surface area contributed by atoms with Crippen LogP contribution in [0.4, 0.5) is 0 Å². The molecule has 0 bridgehead atoms. The van der Waals surface area contributed by atoms with Gasteiger partial charge in [-0.1, -0.05) is 153 Å². The first-order valence-electron chi connectivity index (χ1n) is 19.9. The van der Waals surface area contributed by atoms with Crippen molar-refractivity contribution in [3.05, 3.63) is 188 Å². The van der Waals surface area contributed by atoms with Crippen molar-refractivity contribution in [2.24, 2.45) is 7.05 Å². The minimum atomic E-state index is -3.22. The molecule has 1 aliphatic rings. The van der Waals surface area contributed by atoms with E-state index in [1.54, 1.807) is 0 Å². The maximum Gasteiger partial charge on any atom is 0.179 e. The number of hydrogen-bond donors (Lipinski definition) is 0. The van der Waals surface area contributed by atoms with E-state index in [-0.39, 0.29) is 0 Å². The van der Waals surface area contributed by atoms with Gasteiger partial charge in [-0.2, -0.15) is 0 Å². The summed E-state index contributed by atoms with van der Waals surface area (Å²) in [7, 11) is -3.59. The molecule has 0 aliphatic carbocycles. The lowest BCUT2D eigenvalue weighted by molar-refractivity contribution is 0.493. The molecule has 58 heavy (non-hydrogen) atoms. The third-order valence-corrected chi connectivity index (χ3v) is 20.9. The summed E-state index contributed by atoms with van der Waals surface area (Å²) in [5.74, 6) is 3.76. The van der Waals surface area contributed by atoms with Gasteiger partial charge in [0.2, 0.25) is 0 Å². The average molecular weight is 781 g/mol. The Kier molecular flexibility index (Phi) is 7.80. The number of nitrogens with zero attached hydrogens (tertiary/aromatic N) is 4. The first-order valence-corrected chi connectivity index (χ1v) is 24.9. The quantitative estimate of drug-likeness (QED) is 0.127. The van der Waals surface area contributed by atoms with Crippen molar-refractivity contribution in [3.8, 4) is 28.7 Å². The number of aromatic nitrogens is 4. The number of aryl methyl sites for hydroxylation is 1. The van der Waals surface area contributed by atoms with Gasteiger partial charge in [0.1, 0.15) is 31.2 Å².